The van der Waals surface area contributed by atoms with Gasteiger partial charge in [0.15, 0.2) is 0 Å². The Kier molecular flexibility index (Phi) is 7.66. The minimum atomic E-state index is -0.806. The van der Waals surface area contributed by atoms with E-state index in [1.54, 1.807) is 27.1 Å². The second-order valence-corrected chi connectivity index (χ2v) is 10.5. The van der Waals surface area contributed by atoms with E-state index in [4.69, 9.17) is 0 Å². The predicted octanol–water partition coefficient (Wildman–Crippen LogP) is 4.10. The average molecular weight is 561 g/mol. The summed E-state index contributed by atoms with van der Waals surface area (Å²) < 4.78 is 0. The molecule has 1 aromatic heterocycles. The van der Waals surface area contributed by atoms with E-state index in [-0.39, 0.29) is 37.5 Å². The largest absolute Gasteiger partial charge is 0.333 e. The maximum Gasteiger partial charge on any atom is 0.332 e. The van der Waals surface area contributed by atoms with Crippen molar-refractivity contribution in [3.05, 3.63) is 127 Å². The molecule has 2 fully saturated rings. The fourth-order valence-electron chi connectivity index (χ4n) is 5.76. The number of hydrogen-bond donors (Lipinski definition) is 1. The van der Waals surface area contributed by atoms with Gasteiger partial charge >= 0.3 is 6.03 Å². The molecule has 9 nitrogen and oxygen atoms in total. The topological polar surface area (TPSA) is 89.1 Å². The molecule has 3 heterocycles. The molecule has 212 valence electrons. The van der Waals surface area contributed by atoms with Crippen LogP contribution in [0.15, 0.2) is 110 Å². The summed E-state index contributed by atoms with van der Waals surface area (Å²) in [5.74, 6) is -0.362. The number of nitrogens with one attached hydrogen (secondary N) is 1. The number of carbonyl (C=O) groups is 3. The first-order valence-corrected chi connectivity index (χ1v) is 14.0. The van der Waals surface area contributed by atoms with Crippen molar-refractivity contribution in [1.29, 1.82) is 0 Å². The number of hydrogen-bond acceptors (Lipinski definition) is 5. The van der Waals surface area contributed by atoms with Gasteiger partial charge in [0.05, 0.1) is 25.2 Å². The van der Waals surface area contributed by atoms with Crippen LogP contribution in [0.25, 0.3) is 10.9 Å². The van der Waals surface area contributed by atoms with E-state index in [2.05, 4.69) is 16.9 Å². The molecule has 2 atom stereocenters. The first kappa shape index (κ1) is 27.2. The van der Waals surface area contributed by atoms with Crippen LogP contribution in [0.4, 0.5) is 4.79 Å². The minimum Gasteiger partial charge on any atom is -0.333 e. The Labute approximate surface area is 244 Å². The molecule has 4 aromatic rings. The van der Waals surface area contributed by atoms with Crippen LogP contribution in [0.1, 0.15) is 22.7 Å². The number of hydrazine groups is 1. The van der Waals surface area contributed by atoms with Crippen LogP contribution >= 0.6 is 0 Å². The van der Waals surface area contributed by atoms with Gasteiger partial charge < -0.3 is 15.1 Å². The Morgan fingerprint density at radius 1 is 0.976 bits per heavy atom. The summed E-state index contributed by atoms with van der Waals surface area (Å²) >= 11 is 0. The first-order chi connectivity index (χ1) is 20.5. The van der Waals surface area contributed by atoms with Crippen molar-refractivity contribution in [2.24, 2.45) is 0 Å². The van der Waals surface area contributed by atoms with Gasteiger partial charge in [0.1, 0.15) is 12.2 Å². The maximum atomic E-state index is 14.1. The molecule has 0 radical (unpaired) electrons. The standard InChI is InChI=1S/C33H32N6O3/c1-2-18-37(33(42)35-20-24-10-5-3-6-11-24)38-23-30(40)39-29(38)22-36(32(41)31(39)27-12-7-4-8-13-27)21-25-15-16-26-14-9-17-34-28(26)19-25/h2-17,19,29,31H,1,18,20-23H2,(H,35,42)/t29-,31+/m1/s1. The van der Waals surface area contributed by atoms with Gasteiger partial charge in [-0.05, 0) is 28.8 Å². The zero-order chi connectivity index (χ0) is 29.1. The summed E-state index contributed by atoms with van der Waals surface area (Å²) in [5, 5.41) is 7.28. The van der Waals surface area contributed by atoms with Gasteiger partial charge in [-0.2, -0.15) is 5.01 Å². The molecule has 2 aliphatic rings. The molecule has 4 amide bonds. The van der Waals surface area contributed by atoms with Crippen LogP contribution in [0.5, 0.6) is 0 Å². The van der Waals surface area contributed by atoms with E-state index in [0.717, 1.165) is 27.6 Å². The van der Waals surface area contributed by atoms with Gasteiger partial charge in [-0.1, -0.05) is 84.9 Å². The highest BCUT2D eigenvalue weighted by atomic mass is 16.2. The third kappa shape index (κ3) is 5.34. The Balaban J connectivity index is 1.31. The summed E-state index contributed by atoms with van der Waals surface area (Å²) in [5.41, 5.74) is 3.49. The summed E-state index contributed by atoms with van der Waals surface area (Å²) in [6.45, 7) is 4.97. The monoisotopic (exact) mass is 560 g/mol. The fourth-order valence-corrected chi connectivity index (χ4v) is 5.76. The van der Waals surface area contributed by atoms with Gasteiger partial charge in [-0.25, -0.2) is 4.79 Å². The third-order valence-electron chi connectivity index (χ3n) is 7.75. The van der Waals surface area contributed by atoms with E-state index < -0.39 is 12.2 Å². The van der Waals surface area contributed by atoms with Crippen LogP contribution in [0.2, 0.25) is 0 Å². The number of benzene rings is 3. The molecule has 0 aliphatic carbocycles. The van der Waals surface area contributed by atoms with Crippen molar-refractivity contribution >= 4 is 28.7 Å². The van der Waals surface area contributed by atoms with Crippen LogP contribution in [0.3, 0.4) is 0 Å². The maximum absolute atomic E-state index is 14.1. The van der Waals surface area contributed by atoms with Gasteiger partial charge in [0.2, 0.25) is 5.91 Å². The number of piperazine rings is 1. The van der Waals surface area contributed by atoms with Crippen molar-refractivity contribution < 1.29 is 14.4 Å². The van der Waals surface area contributed by atoms with Gasteiger partial charge in [-0.15, -0.1) is 6.58 Å². The van der Waals surface area contributed by atoms with E-state index >= 15 is 0 Å². The summed E-state index contributed by atoms with van der Waals surface area (Å²) in [7, 11) is 0. The van der Waals surface area contributed by atoms with Crippen LogP contribution in [0, 0.1) is 0 Å². The van der Waals surface area contributed by atoms with Crippen molar-refractivity contribution in [3.8, 4) is 0 Å². The molecular formula is C33H32N6O3. The number of nitrogens with zero attached hydrogens (tertiary/aromatic N) is 5. The van der Waals surface area contributed by atoms with E-state index in [9.17, 15) is 14.4 Å². The molecule has 2 saturated heterocycles. The Morgan fingerprint density at radius 2 is 1.74 bits per heavy atom. The highest BCUT2D eigenvalue weighted by Gasteiger charge is 2.52. The number of urea groups is 1. The molecular weight excluding hydrogens is 528 g/mol. The Hall–Kier alpha value is -5.02. The van der Waals surface area contributed by atoms with Crippen molar-refractivity contribution in [1.82, 2.24) is 30.1 Å². The van der Waals surface area contributed by atoms with Crippen molar-refractivity contribution in [2.45, 2.75) is 25.3 Å². The molecule has 6 rings (SSSR count). The minimum absolute atomic E-state index is 0.0262. The summed E-state index contributed by atoms with van der Waals surface area (Å²) in [4.78, 5) is 49.0. The lowest BCUT2D eigenvalue weighted by atomic mass is 10.00. The van der Waals surface area contributed by atoms with Gasteiger partial charge in [0, 0.05) is 24.7 Å². The second-order valence-electron chi connectivity index (χ2n) is 10.5. The zero-order valence-electron chi connectivity index (χ0n) is 23.2. The van der Waals surface area contributed by atoms with Crippen molar-refractivity contribution in [3.63, 3.8) is 0 Å². The quantitative estimate of drug-likeness (QED) is 0.328. The lowest BCUT2D eigenvalue weighted by Crippen LogP contribution is -2.62. The number of fused-ring (bicyclic) bond motifs is 2. The number of aromatic nitrogens is 1. The second kappa shape index (κ2) is 11.8. The van der Waals surface area contributed by atoms with E-state index in [1.165, 1.54) is 5.01 Å². The molecule has 2 aliphatic heterocycles. The predicted molar refractivity (Wildman–Crippen MR) is 159 cm³/mol. The molecule has 42 heavy (non-hydrogen) atoms. The molecule has 0 saturated carbocycles. The number of amides is 4. The lowest BCUT2D eigenvalue weighted by Gasteiger charge is -2.46. The smallest absolute Gasteiger partial charge is 0.332 e. The molecule has 0 unspecified atom stereocenters. The fraction of sp³-hybridized carbons (Fsp3) is 0.212. The average Bonchev–Trinajstić information content (AvgIpc) is 3.34. The number of rotatable bonds is 8. The normalized spacial score (nSPS) is 18.7. The highest BCUT2D eigenvalue weighted by molar-refractivity contribution is 5.92. The first-order valence-electron chi connectivity index (χ1n) is 14.0. The highest BCUT2D eigenvalue weighted by Crippen LogP contribution is 2.36. The van der Waals surface area contributed by atoms with Crippen LogP contribution in [-0.2, 0) is 22.7 Å². The summed E-state index contributed by atoms with van der Waals surface area (Å²) in [6.07, 6.45) is 2.85. The van der Waals surface area contributed by atoms with E-state index in [1.807, 2.05) is 91.0 Å². The van der Waals surface area contributed by atoms with Crippen LogP contribution < -0.4 is 5.32 Å². The molecule has 3 aromatic carbocycles. The SMILES string of the molecule is C=CCN(C(=O)NCc1ccccc1)N1CC(=O)N2[C@@H](c3ccccc3)C(=O)N(Cc3ccc4cccnc4c3)C[C@@H]21. The molecule has 0 bridgehead atoms. The van der Waals surface area contributed by atoms with Crippen molar-refractivity contribution in [2.75, 3.05) is 19.6 Å². The molecule has 0 spiro atoms. The summed E-state index contributed by atoms with van der Waals surface area (Å²) in [6, 6.07) is 27.7. The van der Waals surface area contributed by atoms with Crippen LogP contribution in [-0.4, -0.2) is 68.4 Å². The van der Waals surface area contributed by atoms with Gasteiger partial charge in [0.25, 0.3) is 5.91 Å². The molecule has 1 N–H and O–H groups in total. The lowest BCUT2D eigenvalue weighted by molar-refractivity contribution is -0.158. The third-order valence-corrected chi connectivity index (χ3v) is 7.75. The number of carbonyl (C=O) groups excluding carboxylic acids is 3. The molecule has 9 heteroatoms. The Morgan fingerprint density at radius 3 is 2.50 bits per heavy atom. The van der Waals surface area contributed by atoms with E-state index in [0.29, 0.717) is 13.1 Å². The number of pyridine rings is 1. The van der Waals surface area contributed by atoms with Gasteiger partial charge in [-0.3, -0.25) is 19.6 Å². The Bertz CT molecular complexity index is 1610. The zero-order valence-corrected chi connectivity index (χ0v) is 23.2.